The molecule has 1 aromatic carbocycles. The molecule has 0 fully saturated rings. The number of aromatic nitrogens is 4. The first-order chi connectivity index (χ1) is 17.6. The lowest BCUT2D eigenvalue weighted by Crippen LogP contribution is -2.15. The van der Waals surface area contributed by atoms with Crippen LogP contribution >= 0.6 is 0 Å². The molecule has 188 valence electrons. The number of hydrogen-bond acceptors (Lipinski definition) is 8. The molecule has 0 atom stereocenters. The number of ether oxygens (including phenoxy) is 1. The minimum absolute atomic E-state index is 0.00148. The number of sulfonamides is 1. The number of nitrogens with two attached hydrogens (primary N) is 1. The lowest BCUT2D eigenvalue weighted by molar-refractivity contribution is 0.400. The van der Waals surface area contributed by atoms with Crippen molar-refractivity contribution >= 4 is 21.7 Å². The van der Waals surface area contributed by atoms with Gasteiger partial charge in [0.05, 0.1) is 24.1 Å². The minimum atomic E-state index is -4.27. The number of nitrogens with one attached hydrogen (secondary N) is 1. The normalized spacial score (nSPS) is 10.9. The van der Waals surface area contributed by atoms with E-state index in [1.165, 1.54) is 31.5 Å². The molecule has 9 nitrogen and oxygen atoms in total. The number of halogens is 1. The van der Waals surface area contributed by atoms with Crippen LogP contribution in [0.2, 0.25) is 0 Å². The van der Waals surface area contributed by atoms with Gasteiger partial charge in [-0.3, -0.25) is 9.71 Å². The van der Waals surface area contributed by atoms with Crippen LogP contribution in [0.5, 0.6) is 5.88 Å². The van der Waals surface area contributed by atoms with E-state index in [9.17, 15) is 12.8 Å². The van der Waals surface area contributed by atoms with Crippen LogP contribution in [-0.2, 0) is 10.0 Å². The number of pyridine rings is 2. The van der Waals surface area contributed by atoms with Crippen LogP contribution < -0.4 is 15.2 Å². The first-order valence-corrected chi connectivity index (χ1v) is 12.5. The summed E-state index contributed by atoms with van der Waals surface area (Å²) in [5.74, 6) is 5.26. The van der Waals surface area contributed by atoms with Crippen molar-refractivity contribution in [3.05, 3.63) is 82.7 Å². The molecule has 4 rings (SSSR count). The van der Waals surface area contributed by atoms with E-state index in [-0.39, 0.29) is 17.5 Å². The Morgan fingerprint density at radius 3 is 2.51 bits per heavy atom. The smallest absolute Gasteiger partial charge is 0.264 e. The summed E-state index contributed by atoms with van der Waals surface area (Å²) in [5.41, 5.74) is 10.1. The highest BCUT2D eigenvalue weighted by Gasteiger charge is 2.21. The SMILES string of the molecule is COc1ncc(C#Cc2c(C)nc(N)nc2-c2ccnc(C)c2)cc1NS(=O)(=O)c1ccc(C)cc1F. The first kappa shape index (κ1) is 25.5. The third-order valence-corrected chi connectivity index (χ3v) is 6.67. The average molecular weight is 519 g/mol. The van der Waals surface area contributed by atoms with Gasteiger partial charge in [0.25, 0.3) is 10.0 Å². The third-order valence-electron chi connectivity index (χ3n) is 5.27. The van der Waals surface area contributed by atoms with Crippen LogP contribution in [0.3, 0.4) is 0 Å². The molecule has 3 aromatic heterocycles. The Bertz CT molecular complexity index is 1680. The highest BCUT2D eigenvalue weighted by Crippen LogP contribution is 2.27. The van der Waals surface area contributed by atoms with Gasteiger partial charge in [-0.1, -0.05) is 17.9 Å². The molecule has 0 aliphatic carbocycles. The fourth-order valence-electron chi connectivity index (χ4n) is 3.56. The zero-order chi connectivity index (χ0) is 26.7. The van der Waals surface area contributed by atoms with Crippen molar-refractivity contribution in [3.63, 3.8) is 0 Å². The van der Waals surface area contributed by atoms with Crippen LogP contribution in [0.4, 0.5) is 16.0 Å². The Hall–Kier alpha value is -4.56. The van der Waals surface area contributed by atoms with Crippen LogP contribution in [0.25, 0.3) is 11.3 Å². The summed E-state index contributed by atoms with van der Waals surface area (Å²) in [6.07, 6.45) is 3.10. The second kappa shape index (κ2) is 10.2. The summed E-state index contributed by atoms with van der Waals surface area (Å²) in [5, 5.41) is 0. The molecule has 0 spiro atoms. The molecule has 0 aliphatic rings. The zero-order valence-corrected chi connectivity index (χ0v) is 21.3. The number of anilines is 2. The zero-order valence-electron chi connectivity index (χ0n) is 20.5. The summed E-state index contributed by atoms with van der Waals surface area (Å²) in [6, 6.07) is 8.96. The summed E-state index contributed by atoms with van der Waals surface area (Å²) >= 11 is 0. The fourth-order valence-corrected chi connectivity index (χ4v) is 4.67. The van der Waals surface area contributed by atoms with Crippen molar-refractivity contribution in [2.45, 2.75) is 25.7 Å². The predicted molar refractivity (Wildman–Crippen MR) is 138 cm³/mol. The van der Waals surface area contributed by atoms with Gasteiger partial charge in [-0.05, 0) is 56.7 Å². The number of hydrogen-bond donors (Lipinski definition) is 2. The Labute approximate surface area is 214 Å². The van der Waals surface area contributed by atoms with E-state index in [1.54, 1.807) is 26.1 Å². The van der Waals surface area contributed by atoms with Gasteiger partial charge in [0.1, 0.15) is 16.4 Å². The lowest BCUT2D eigenvalue weighted by atomic mass is 10.0. The molecule has 3 N–H and O–H groups in total. The average Bonchev–Trinajstić information content (AvgIpc) is 2.82. The molecule has 37 heavy (non-hydrogen) atoms. The van der Waals surface area contributed by atoms with Crippen molar-refractivity contribution < 1.29 is 17.5 Å². The maximum absolute atomic E-state index is 14.4. The number of aryl methyl sites for hydroxylation is 3. The van der Waals surface area contributed by atoms with E-state index in [1.807, 2.05) is 13.0 Å². The molecule has 4 aromatic rings. The Balaban J connectivity index is 1.75. The molecule has 11 heteroatoms. The predicted octanol–water partition coefficient (Wildman–Crippen LogP) is 3.79. The van der Waals surface area contributed by atoms with Crippen molar-refractivity contribution in [2.75, 3.05) is 17.6 Å². The van der Waals surface area contributed by atoms with Crippen molar-refractivity contribution in [3.8, 4) is 29.0 Å². The largest absolute Gasteiger partial charge is 0.479 e. The Morgan fingerprint density at radius 1 is 1.03 bits per heavy atom. The third kappa shape index (κ3) is 5.65. The van der Waals surface area contributed by atoms with E-state index < -0.39 is 20.7 Å². The van der Waals surface area contributed by atoms with E-state index in [0.29, 0.717) is 28.1 Å². The molecule has 0 saturated heterocycles. The van der Waals surface area contributed by atoms with Gasteiger partial charge >= 0.3 is 0 Å². The quantitative estimate of drug-likeness (QED) is 0.381. The van der Waals surface area contributed by atoms with E-state index in [2.05, 4.69) is 36.5 Å². The van der Waals surface area contributed by atoms with Crippen molar-refractivity contribution in [2.24, 2.45) is 0 Å². The van der Waals surface area contributed by atoms with Gasteiger partial charge in [0.15, 0.2) is 0 Å². The van der Waals surface area contributed by atoms with Gasteiger partial charge in [0, 0.05) is 29.2 Å². The molecule has 0 bridgehead atoms. The van der Waals surface area contributed by atoms with Crippen LogP contribution in [0.1, 0.15) is 28.1 Å². The number of benzene rings is 1. The molecule has 0 unspecified atom stereocenters. The van der Waals surface area contributed by atoms with Crippen LogP contribution in [-0.4, -0.2) is 35.5 Å². The number of nitrogen functional groups attached to an aromatic ring is 1. The highest BCUT2D eigenvalue weighted by molar-refractivity contribution is 7.92. The molecule has 3 heterocycles. The number of methoxy groups -OCH3 is 1. The Kier molecular flexibility index (Phi) is 7.04. The van der Waals surface area contributed by atoms with Crippen LogP contribution in [0.15, 0.2) is 53.7 Å². The Morgan fingerprint density at radius 2 is 1.81 bits per heavy atom. The summed E-state index contributed by atoms with van der Waals surface area (Å²) < 4.78 is 47.7. The van der Waals surface area contributed by atoms with Gasteiger partial charge in [-0.25, -0.2) is 27.8 Å². The minimum Gasteiger partial charge on any atom is -0.479 e. The molecular formula is C26H23FN6O3S. The molecular weight excluding hydrogens is 495 g/mol. The second-order valence-electron chi connectivity index (χ2n) is 8.15. The topological polar surface area (TPSA) is 133 Å². The lowest BCUT2D eigenvalue weighted by Gasteiger charge is -2.12. The standard InChI is InChI=1S/C26H23FN6O3S/c1-15-5-8-23(21(27)11-15)37(34,35)33-22-13-18(14-30-25(22)36-4)6-7-20-17(3)31-26(28)32-24(20)19-9-10-29-16(2)12-19/h5,8-14,33H,1-4H3,(H2,28,31,32). The highest BCUT2D eigenvalue weighted by atomic mass is 32.2. The summed E-state index contributed by atoms with van der Waals surface area (Å²) in [7, 11) is -2.93. The van der Waals surface area contributed by atoms with E-state index in [0.717, 1.165) is 17.3 Å². The fraction of sp³-hybridized carbons (Fsp3) is 0.154. The van der Waals surface area contributed by atoms with Gasteiger partial charge in [-0.15, -0.1) is 0 Å². The van der Waals surface area contributed by atoms with Crippen LogP contribution in [0, 0.1) is 38.4 Å². The number of rotatable bonds is 5. The monoisotopic (exact) mass is 518 g/mol. The summed E-state index contributed by atoms with van der Waals surface area (Å²) in [6.45, 7) is 5.29. The number of nitrogens with zero attached hydrogens (tertiary/aromatic N) is 4. The van der Waals surface area contributed by atoms with Gasteiger partial charge < -0.3 is 10.5 Å². The van der Waals surface area contributed by atoms with E-state index >= 15 is 0 Å². The maximum atomic E-state index is 14.4. The second-order valence-corrected chi connectivity index (χ2v) is 9.80. The summed E-state index contributed by atoms with van der Waals surface area (Å²) in [4.78, 5) is 16.5. The maximum Gasteiger partial charge on any atom is 0.264 e. The van der Waals surface area contributed by atoms with Crippen molar-refractivity contribution in [1.82, 2.24) is 19.9 Å². The molecule has 0 amide bonds. The van der Waals surface area contributed by atoms with E-state index in [4.69, 9.17) is 10.5 Å². The molecule has 0 aliphatic heterocycles. The molecule has 0 saturated carbocycles. The van der Waals surface area contributed by atoms with Crippen molar-refractivity contribution in [1.29, 1.82) is 0 Å². The van der Waals surface area contributed by atoms with Gasteiger partial charge in [0.2, 0.25) is 11.8 Å². The molecule has 0 radical (unpaired) electrons. The first-order valence-electron chi connectivity index (χ1n) is 11.0. The van der Waals surface area contributed by atoms with Gasteiger partial charge in [-0.2, -0.15) is 0 Å².